The van der Waals surface area contributed by atoms with Crippen molar-refractivity contribution in [1.82, 2.24) is 14.7 Å². The SMILES string of the molecule is Cc1c(C(=O)N(CCCC(=O)O)Cc2ccccc2)cnn1C1CCOCC1. The maximum atomic E-state index is 13.2. The molecule has 1 aromatic carbocycles. The molecule has 2 heterocycles. The molecule has 1 N–H and O–H groups in total. The fourth-order valence-electron chi connectivity index (χ4n) is 3.58. The molecule has 1 fully saturated rings. The van der Waals surface area contributed by atoms with E-state index in [-0.39, 0.29) is 18.4 Å². The van der Waals surface area contributed by atoms with Gasteiger partial charge in [-0.05, 0) is 31.7 Å². The zero-order chi connectivity index (χ0) is 19.9. The minimum Gasteiger partial charge on any atom is -0.481 e. The highest BCUT2D eigenvalue weighted by atomic mass is 16.5. The number of carboxylic acid groups (broad SMARTS) is 1. The van der Waals surface area contributed by atoms with Gasteiger partial charge in [0.25, 0.3) is 5.91 Å². The monoisotopic (exact) mass is 385 g/mol. The number of carboxylic acids is 1. The van der Waals surface area contributed by atoms with Crippen LogP contribution in [0, 0.1) is 6.92 Å². The van der Waals surface area contributed by atoms with Gasteiger partial charge in [0.15, 0.2) is 0 Å². The number of hydrogen-bond acceptors (Lipinski definition) is 4. The van der Waals surface area contributed by atoms with E-state index in [1.54, 1.807) is 11.1 Å². The summed E-state index contributed by atoms with van der Waals surface area (Å²) >= 11 is 0. The Morgan fingerprint density at radius 3 is 2.64 bits per heavy atom. The van der Waals surface area contributed by atoms with Crippen LogP contribution < -0.4 is 0 Å². The number of hydrogen-bond donors (Lipinski definition) is 1. The van der Waals surface area contributed by atoms with Crippen molar-refractivity contribution in [1.29, 1.82) is 0 Å². The minimum absolute atomic E-state index is 0.0406. The molecule has 7 heteroatoms. The summed E-state index contributed by atoms with van der Waals surface area (Å²) in [5.41, 5.74) is 2.45. The topological polar surface area (TPSA) is 84.7 Å². The Bertz CT molecular complexity index is 797. The molecular weight excluding hydrogens is 358 g/mol. The van der Waals surface area contributed by atoms with E-state index in [1.807, 2.05) is 41.9 Å². The van der Waals surface area contributed by atoms with Crippen molar-refractivity contribution in [3.05, 3.63) is 53.3 Å². The van der Waals surface area contributed by atoms with Gasteiger partial charge < -0.3 is 14.7 Å². The summed E-state index contributed by atoms with van der Waals surface area (Å²) in [6.45, 7) is 4.18. The van der Waals surface area contributed by atoms with Crippen LogP contribution in [-0.4, -0.2) is 51.4 Å². The van der Waals surface area contributed by atoms with Gasteiger partial charge in [-0.1, -0.05) is 30.3 Å². The van der Waals surface area contributed by atoms with E-state index in [2.05, 4.69) is 5.10 Å². The van der Waals surface area contributed by atoms with Crippen LogP contribution in [-0.2, 0) is 16.1 Å². The van der Waals surface area contributed by atoms with Gasteiger partial charge >= 0.3 is 5.97 Å². The highest BCUT2D eigenvalue weighted by Gasteiger charge is 2.24. The molecule has 0 aliphatic carbocycles. The van der Waals surface area contributed by atoms with Gasteiger partial charge in [-0.2, -0.15) is 5.10 Å². The van der Waals surface area contributed by atoms with Crippen LogP contribution in [0.5, 0.6) is 0 Å². The number of benzene rings is 1. The molecule has 1 amide bonds. The number of aliphatic carboxylic acids is 1. The molecule has 150 valence electrons. The van der Waals surface area contributed by atoms with Gasteiger partial charge in [0, 0.05) is 38.4 Å². The largest absolute Gasteiger partial charge is 0.481 e. The van der Waals surface area contributed by atoms with Crippen molar-refractivity contribution in [3.8, 4) is 0 Å². The van der Waals surface area contributed by atoms with E-state index in [9.17, 15) is 9.59 Å². The maximum Gasteiger partial charge on any atom is 0.303 e. The lowest BCUT2D eigenvalue weighted by Gasteiger charge is -2.25. The molecule has 1 aliphatic rings. The Hall–Kier alpha value is -2.67. The molecule has 0 radical (unpaired) electrons. The van der Waals surface area contributed by atoms with Crippen LogP contribution in [0.4, 0.5) is 0 Å². The van der Waals surface area contributed by atoms with Gasteiger partial charge in [-0.3, -0.25) is 14.3 Å². The van der Waals surface area contributed by atoms with Crippen molar-refractivity contribution in [2.75, 3.05) is 19.8 Å². The molecule has 0 spiro atoms. The van der Waals surface area contributed by atoms with Crippen molar-refractivity contribution in [2.24, 2.45) is 0 Å². The summed E-state index contributed by atoms with van der Waals surface area (Å²) in [6, 6.07) is 9.99. The zero-order valence-corrected chi connectivity index (χ0v) is 16.2. The Morgan fingerprint density at radius 1 is 1.25 bits per heavy atom. The van der Waals surface area contributed by atoms with Crippen LogP contribution in [0.15, 0.2) is 36.5 Å². The second-order valence-corrected chi connectivity index (χ2v) is 7.14. The minimum atomic E-state index is -0.851. The molecule has 0 bridgehead atoms. The van der Waals surface area contributed by atoms with Crippen LogP contribution in [0.3, 0.4) is 0 Å². The van der Waals surface area contributed by atoms with E-state index in [0.717, 1.165) is 24.1 Å². The molecular formula is C21H27N3O4. The van der Waals surface area contributed by atoms with E-state index in [1.165, 1.54) is 0 Å². The smallest absolute Gasteiger partial charge is 0.303 e. The lowest BCUT2D eigenvalue weighted by Crippen LogP contribution is -2.32. The maximum absolute atomic E-state index is 13.2. The number of amides is 1. The number of aromatic nitrogens is 2. The molecule has 0 atom stereocenters. The second kappa shape index (κ2) is 9.50. The van der Waals surface area contributed by atoms with Gasteiger partial charge in [0.1, 0.15) is 0 Å². The Kier molecular flexibility index (Phi) is 6.81. The highest BCUT2D eigenvalue weighted by molar-refractivity contribution is 5.95. The Balaban J connectivity index is 1.77. The van der Waals surface area contributed by atoms with Crippen LogP contribution in [0.25, 0.3) is 0 Å². The first-order valence-electron chi connectivity index (χ1n) is 9.73. The summed E-state index contributed by atoms with van der Waals surface area (Å²) in [7, 11) is 0. The molecule has 2 aromatic rings. The van der Waals surface area contributed by atoms with Gasteiger partial charge in [-0.15, -0.1) is 0 Å². The molecule has 28 heavy (non-hydrogen) atoms. The normalized spacial score (nSPS) is 14.8. The molecule has 1 aromatic heterocycles. The number of rotatable bonds is 8. The first kappa shape index (κ1) is 20.1. The summed E-state index contributed by atoms with van der Waals surface area (Å²) in [5.74, 6) is -0.958. The number of ether oxygens (including phenoxy) is 1. The van der Waals surface area contributed by atoms with E-state index < -0.39 is 5.97 Å². The van der Waals surface area contributed by atoms with E-state index in [4.69, 9.17) is 9.84 Å². The van der Waals surface area contributed by atoms with Gasteiger partial charge in [-0.25, -0.2) is 0 Å². The number of carbonyl (C=O) groups excluding carboxylic acids is 1. The average Bonchev–Trinajstić information content (AvgIpc) is 3.09. The fourth-order valence-corrected chi connectivity index (χ4v) is 3.58. The standard InChI is InChI=1S/C21H27N3O4/c1-16-19(14-22-24(16)18-9-12-28-13-10-18)21(27)23(11-5-8-20(25)26)15-17-6-3-2-4-7-17/h2-4,6-7,14,18H,5,8-13,15H2,1H3,(H,25,26). The Labute approximate surface area is 164 Å². The first-order chi connectivity index (χ1) is 13.6. The fraction of sp³-hybridized carbons (Fsp3) is 0.476. The number of carbonyl (C=O) groups is 2. The third-order valence-corrected chi connectivity index (χ3v) is 5.13. The summed E-state index contributed by atoms with van der Waals surface area (Å²) in [6.07, 6.45) is 3.88. The van der Waals surface area contributed by atoms with Crippen LogP contribution >= 0.6 is 0 Å². The van der Waals surface area contributed by atoms with E-state index >= 15 is 0 Å². The molecule has 3 rings (SSSR count). The van der Waals surface area contributed by atoms with Crippen molar-refractivity contribution in [3.63, 3.8) is 0 Å². The summed E-state index contributed by atoms with van der Waals surface area (Å²) in [5, 5.41) is 13.4. The number of nitrogens with zero attached hydrogens (tertiary/aromatic N) is 3. The van der Waals surface area contributed by atoms with Crippen molar-refractivity contribution in [2.45, 2.75) is 45.2 Å². The highest BCUT2D eigenvalue weighted by Crippen LogP contribution is 2.24. The average molecular weight is 385 g/mol. The molecule has 1 saturated heterocycles. The summed E-state index contributed by atoms with van der Waals surface area (Å²) < 4.78 is 7.36. The van der Waals surface area contributed by atoms with Gasteiger partial charge in [0.05, 0.1) is 17.8 Å². The van der Waals surface area contributed by atoms with Crippen molar-refractivity contribution < 1.29 is 19.4 Å². The quantitative estimate of drug-likeness (QED) is 0.755. The van der Waals surface area contributed by atoms with Crippen LogP contribution in [0.2, 0.25) is 0 Å². The zero-order valence-electron chi connectivity index (χ0n) is 16.2. The predicted octanol–water partition coefficient (Wildman–Crippen LogP) is 3.05. The lowest BCUT2D eigenvalue weighted by atomic mass is 10.1. The second-order valence-electron chi connectivity index (χ2n) is 7.14. The molecule has 0 unspecified atom stereocenters. The third kappa shape index (κ3) is 4.98. The molecule has 1 aliphatic heterocycles. The summed E-state index contributed by atoms with van der Waals surface area (Å²) in [4.78, 5) is 25.8. The lowest BCUT2D eigenvalue weighted by molar-refractivity contribution is -0.137. The van der Waals surface area contributed by atoms with Crippen LogP contribution in [0.1, 0.15) is 53.3 Å². The Morgan fingerprint density at radius 2 is 1.96 bits per heavy atom. The molecule has 0 saturated carbocycles. The van der Waals surface area contributed by atoms with Crippen molar-refractivity contribution >= 4 is 11.9 Å². The van der Waals surface area contributed by atoms with Gasteiger partial charge in [0.2, 0.25) is 0 Å². The predicted molar refractivity (Wildman–Crippen MR) is 104 cm³/mol. The molecule has 7 nitrogen and oxygen atoms in total. The third-order valence-electron chi connectivity index (χ3n) is 5.13. The first-order valence-corrected chi connectivity index (χ1v) is 9.73. The van der Waals surface area contributed by atoms with E-state index in [0.29, 0.717) is 38.3 Å².